The molecule has 0 radical (unpaired) electrons. The highest BCUT2D eigenvalue weighted by Crippen LogP contribution is 2.46. The molecule has 2 heteroatoms. The summed E-state index contributed by atoms with van der Waals surface area (Å²) in [6.07, 6.45) is 0. The van der Waals surface area contributed by atoms with E-state index in [-0.39, 0.29) is 5.41 Å². The SMILES string of the molecule is Cc1cc(C)cc(-c2cc(-c3c(-c4ccccc4)cc(C(C)(C)C)cc3-c3ccccc3)c3cc([Si](C)(C)C)ccc3n2)c1. The van der Waals surface area contributed by atoms with Crippen molar-refractivity contribution >= 4 is 24.2 Å². The Bertz CT molecular complexity index is 1890. The van der Waals surface area contributed by atoms with Gasteiger partial charge in [0.15, 0.2) is 0 Å². The topological polar surface area (TPSA) is 12.9 Å². The number of aryl methyl sites for hydroxylation is 2. The van der Waals surface area contributed by atoms with Crippen LogP contribution in [0, 0.1) is 13.8 Å². The van der Waals surface area contributed by atoms with Gasteiger partial charge in [0.25, 0.3) is 0 Å². The molecule has 5 aromatic carbocycles. The van der Waals surface area contributed by atoms with Gasteiger partial charge in [0.2, 0.25) is 0 Å². The molecule has 0 aliphatic rings. The van der Waals surface area contributed by atoms with E-state index in [1.165, 1.54) is 60.6 Å². The van der Waals surface area contributed by atoms with E-state index < -0.39 is 8.07 Å². The predicted molar refractivity (Wildman–Crippen MR) is 195 cm³/mol. The van der Waals surface area contributed by atoms with Crippen LogP contribution in [0.25, 0.3) is 55.5 Å². The van der Waals surface area contributed by atoms with Gasteiger partial charge in [-0.1, -0.05) is 136 Å². The fraction of sp³-hybridized carbons (Fsp3) is 0.214. The van der Waals surface area contributed by atoms with Crippen molar-refractivity contribution in [3.05, 3.63) is 132 Å². The van der Waals surface area contributed by atoms with Gasteiger partial charge < -0.3 is 0 Å². The lowest BCUT2D eigenvalue weighted by atomic mass is 9.79. The van der Waals surface area contributed by atoms with E-state index in [0.717, 1.165) is 16.8 Å². The van der Waals surface area contributed by atoms with E-state index in [9.17, 15) is 0 Å². The third-order valence-corrected chi connectivity index (χ3v) is 10.7. The van der Waals surface area contributed by atoms with Crippen LogP contribution < -0.4 is 5.19 Å². The summed E-state index contributed by atoms with van der Waals surface area (Å²) in [6.45, 7) is 18.6. The lowest BCUT2D eigenvalue weighted by molar-refractivity contribution is 0.591. The molecule has 220 valence electrons. The van der Waals surface area contributed by atoms with Crippen LogP contribution in [0.2, 0.25) is 19.6 Å². The molecule has 0 amide bonds. The van der Waals surface area contributed by atoms with E-state index in [1.807, 2.05) is 0 Å². The van der Waals surface area contributed by atoms with Crippen LogP contribution >= 0.6 is 0 Å². The van der Waals surface area contributed by atoms with Crippen molar-refractivity contribution in [3.8, 4) is 44.6 Å². The Morgan fingerprint density at radius 2 is 1.09 bits per heavy atom. The lowest BCUT2D eigenvalue weighted by Crippen LogP contribution is -2.37. The van der Waals surface area contributed by atoms with Crippen molar-refractivity contribution < 1.29 is 0 Å². The Balaban J connectivity index is 1.81. The molecule has 0 saturated carbocycles. The molecule has 0 bridgehead atoms. The summed E-state index contributed by atoms with van der Waals surface area (Å²) in [5.74, 6) is 0. The van der Waals surface area contributed by atoms with Gasteiger partial charge in [0.05, 0.1) is 19.3 Å². The smallest absolute Gasteiger partial charge is 0.0776 e. The molecule has 0 N–H and O–H groups in total. The number of nitrogens with zero attached hydrogens (tertiary/aromatic N) is 1. The third kappa shape index (κ3) is 5.92. The van der Waals surface area contributed by atoms with E-state index in [1.54, 1.807) is 0 Å². The maximum absolute atomic E-state index is 5.31. The van der Waals surface area contributed by atoms with Gasteiger partial charge in [-0.25, -0.2) is 4.98 Å². The normalized spacial score (nSPS) is 12.1. The summed E-state index contributed by atoms with van der Waals surface area (Å²) in [5, 5.41) is 2.66. The Kier molecular flexibility index (Phi) is 7.67. The molecule has 0 saturated heterocycles. The van der Waals surface area contributed by atoms with Crippen molar-refractivity contribution in [2.75, 3.05) is 0 Å². The summed E-state index contributed by atoms with van der Waals surface area (Å²) in [5.41, 5.74) is 14.5. The number of pyridine rings is 1. The van der Waals surface area contributed by atoms with Crippen LogP contribution in [-0.2, 0) is 5.41 Å². The summed E-state index contributed by atoms with van der Waals surface area (Å²) in [4.78, 5) is 5.31. The van der Waals surface area contributed by atoms with Gasteiger partial charge in [0.1, 0.15) is 0 Å². The Morgan fingerprint density at radius 1 is 0.545 bits per heavy atom. The van der Waals surface area contributed by atoms with Crippen molar-refractivity contribution in [1.82, 2.24) is 4.98 Å². The molecular weight excluding hydrogens is 547 g/mol. The van der Waals surface area contributed by atoms with Crippen LogP contribution in [-0.4, -0.2) is 13.1 Å². The fourth-order valence-corrected chi connectivity index (χ4v) is 7.39. The lowest BCUT2D eigenvalue weighted by Gasteiger charge is -2.26. The van der Waals surface area contributed by atoms with Gasteiger partial charge in [-0.05, 0) is 94.6 Å². The van der Waals surface area contributed by atoms with Gasteiger partial charge >= 0.3 is 0 Å². The Labute approximate surface area is 264 Å². The highest BCUT2D eigenvalue weighted by molar-refractivity contribution is 6.88. The molecule has 6 rings (SSSR count). The predicted octanol–water partition coefficient (Wildman–Crippen LogP) is 11.4. The number of hydrogen-bond acceptors (Lipinski definition) is 1. The molecule has 44 heavy (non-hydrogen) atoms. The van der Waals surface area contributed by atoms with E-state index in [4.69, 9.17) is 4.98 Å². The first-order valence-corrected chi connectivity index (χ1v) is 19.2. The second-order valence-corrected chi connectivity index (χ2v) is 19.4. The molecule has 1 aromatic heterocycles. The summed E-state index contributed by atoms with van der Waals surface area (Å²) in [7, 11) is -1.58. The highest BCUT2D eigenvalue weighted by Gasteiger charge is 2.25. The zero-order valence-electron chi connectivity index (χ0n) is 27.4. The van der Waals surface area contributed by atoms with E-state index >= 15 is 0 Å². The van der Waals surface area contributed by atoms with Crippen LogP contribution in [0.4, 0.5) is 0 Å². The molecule has 1 nitrogen and oxygen atoms in total. The first-order valence-electron chi connectivity index (χ1n) is 15.7. The monoisotopic (exact) mass is 589 g/mol. The fourth-order valence-electron chi connectivity index (χ4n) is 6.23. The van der Waals surface area contributed by atoms with Gasteiger partial charge in [0, 0.05) is 10.9 Å². The quantitative estimate of drug-likeness (QED) is 0.182. The average molecular weight is 590 g/mol. The maximum atomic E-state index is 5.31. The van der Waals surface area contributed by atoms with Crippen LogP contribution in [0.5, 0.6) is 0 Å². The zero-order valence-corrected chi connectivity index (χ0v) is 28.4. The Hall–Kier alpha value is -4.27. The largest absolute Gasteiger partial charge is 0.248 e. The maximum Gasteiger partial charge on any atom is 0.0776 e. The van der Waals surface area contributed by atoms with Crippen molar-refractivity contribution in [2.45, 2.75) is 59.7 Å². The minimum atomic E-state index is -1.58. The second-order valence-electron chi connectivity index (χ2n) is 14.3. The summed E-state index contributed by atoms with van der Waals surface area (Å²) >= 11 is 0. The van der Waals surface area contributed by atoms with E-state index in [2.05, 4.69) is 170 Å². The molecule has 0 fully saturated rings. The zero-order chi connectivity index (χ0) is 31.2. The van der Waals surface area contributed by atoms with E-state index in [0.29, 0.717) is 0 Å². The number of fused-ring (bicyclic) bond motifs is 1. The molecule has 0 unspecified atom stereocenters. The van der Waals surface area contributed by atoms with Gasteiger partial charge in [-0.15, -0.1) is 0 Å². The minimum Gasteiger partial charge on any atom is -0.248 e. The molecule has 0 atom stereocenters. The molecule has 6 aromatic rings. The highest BCUT2D eigenvalue weighted by atomic mass is 28.3. The van der Waals surface area contributed by atoms with Crippen molar-refractivity contribution in [1.29, 1.82) is 0 Å². The standard InChI is InChI=1S/C42H43NSi/c1-28-21-29(2)23-32(22-28)40-27-38(37-26-34(44(6,7)8)19-20-39(37)43-40)41-35(30-15-11-9-12-16-30)24-33(42(3,4)5)25-36(41)31-17-13-10-14-18-31/h9-27H,1-8H3. The van der Waals surface area contributed by atoms with Crippen molar-refractivity contribution in [3.63, 3.8) is 0 Å². The number of aromatic nitrogens is 1. The molecule has 0 aliphatic carbocycles. The molecule has 1 heterocycles. The molecular formula is C42H43NSi. The summed E-state index contributed by atoms with van der Waals surface area (Å²) in [6, 6.07) is 42.8. The second kappa shape index (κ2) is 11.3. The van der Waals surface area contributed by atoms with Crippen LogP contribution in [0.3, 0.4) is 0 Å². The summed E-state index contributed by atoms with van der Waals surface area (Å²) < 4.78 is 0. The van der Waals surface area contributed by atoms with Gasteiger partial charge in [-0.3, -0.25) is 0 Å². The van der Waals surface area contributed by atoms with Crippen molar-refractivity contribution in [2.24, 2.45) is 0 Å². The van der Waals surface area contributed by atoms with Crippen LogP contribution in [0.15, 0.2) is 115 Å². The van der Waals surface area contributed by atoms with Gasteiger partial charge in [-0.2, -0.15) is 0 Å². The Morgan fingerprint density at radius 3 is 1.59 bits per heavy atom. The molecule has 0 spiro atoms. The first kappa shape index (κ1) is 29.8. The minimum absolute atomic E-state index is 0.0127. The first-order chi connectivity index (χ1) is 20.9. The average Bonchev–Trinajstić information content (AvgIpc) is 2.99. The number of hydrogen-bond donors (Lipinski definition) is 0. The third-order valence-electron chi connectivity index (χ3n) is 8.64. The number of rotatable bonds is 5. The number of benzene rings is 5. The molecule has 0 aliphatic heterocycles. The van der Waals surface area contributed by atoms with Crippen LogP contribution in [0.1, 0.15) is 37.5 Å².